The minimum atomic E-state index is -0.0172. The number of aromatic amines is 1. The van der Waals surface area contributed by atoms with Crippen LogP contribution in [-0.4, -0.2) is 52.8 Å². The van der Waals surface area contributed by atoms with E-state index in [1.54, 1.807) is 0 Å². The monoisotopic (exact) mass is 298 g/mol. The topological polar surface area (TPSA) is 70.2 Å². The van der Waals surface area contributed by atoms with Crippen molar-refractivity contribution < 1.29 is 9.53 Å². The summed E-state index contributed by atoms with van der Waals surface area (Å²) in [6.07, 6.45) is 1.98. The van der Waals surface area contributed by atoms with Crippen LogP contribution in [-0.2, 0) is 16.1 Å². The van der Waals surface area contributed by atoms with Crippen molar-refractivity contribution >= 4 is 5.91 Å². The van der Waals surface area contributed by atoms with Gasteiger partial charge < -0.3 is 10.1 Å². The Morgan fingerprint density at radius 3 is 3.00 bits per heavy atom. The highest BCUT2D eigenvalue weighted by Crippen LogP contribution is 2.24. The predicted octanol–water partition coefficient (Wildman–Crippen LogP) is 0.776. The maximum absolute atomic E-state index is 11.4. The minimum Gasteiger partial charge on any atom is -0.365 e. The molecule has 3 heterocycles. The van der Waals surface area contributed by atoms with Gasteiger partial charge in [0.1, 0.15) is 6.61 Å². The molecule has 2 atom stereocenters. The van der Waals surface area contributed by atoms with E-state index in [0.717, 1.165) is 36.5 Å². The molecule has 2 aliphatic heterocycles. The molecule has 0 bridgehead atoms. The highest BCUT2D eigenvalue weighted by Gasteiger charge is 2.38. The fraction of sp³-hybridized carbons (Fsp3) is 0.375. The molecule has 1 aromatic heterocycles. The van der Waals surface area contributed by atoms with E-state index in [0.29, 0.717) is 0 Å². The molecule has 0 saturated carbocycles. The van der Waals surface area contributed by atoms with Crippen LogP contribution in [0.15, 0.2) is 36.5 Å². The van der Waals surface area contributed by atoms with Crippen LogP contribution in [0.4, 0.5) is 0 Å². The first kappa shape index (κ1) is 13.5. The second-order valence-electron chi connectivity index (χ2n) is 5.85. The van der Waals surface area contributed by atoms with Crippen LogP contribution in [0.25, 0.3) is 11.3 Å². The molecule has 1 aromatic carbocycles. The Bertz CT molecular complexity index is 670. The third kappa shape index (κ3) is 2.51. The molecule has 1 amide bonds. The van der Waals surface area contributed by atoms with Crippen molar-refractivity contribution in [3.63, 3.8) is 0 Å². The van der Waals surface area contributed by atoms with Crippen LogP contribution in [0, 0.1) is 0 Å². The fourth-order valence-electron chi connectivity index (χ4n) is 3.25. The standard InChI is InChI=1S/C16H18N4O2/c21-15-10-22-14-9-20(8-13(14)18-15)7-12-6-17-19-16(12)11-4-2-1-3-5-11/h1-6,13-14H,7-10H2,(H,17,19)(H,18,21)/t13-,14-/m0/s1. The summed E-state index contributed by atoms with van der Waals surface area (Å²) < 4.78 is 5.60. The lowest BCUT2D eigenvalue weighted by Crippen LogP contribution is -2.50. The number of carbonyl (C=O) groups is 1. The Labute approximate surface area is 128 Å². The lowest BCUT2D eigenvalue weighted by atomic mass is 10.1. The summed E-state index contributed by atoms with van der Waals surface area (Å²) in [4.78, 5) is 13.7. The van der Waals surface area contributed by atoms with Crippen LogP contribution in [0.1, 0.15) is 5.56 Å². The molecule has 6 nitrogen and oxygen atoms in total. The van der Waals surface area contributed by atoms with E-state index in [9.17, 15) is 4.79 Å². The van der Waals surface area contributed by atoms with Crippen LogP contribution >= 0.6 is 0 Å². The number of carbonyl (C=O) groups excluding carboxylic acids is 1. The average Bonchev–Trinajstić information content (AvgIpc) is 3.14. The number of hydrogen-bond acceptors (Lipinski definition) is 4. The molecule has 2 fully saturated rings. The highest BCUT2D eigenvalue weighted by molar-refractivity contribution is 5.78. The fourth-order valence-corrected chi connectivity index (χ4v) is 3.25. The van der Waals surface area contributed by atoms with Crippen molar-refractivity contribution in [1.29, 1.82) is 0 Å². The number of amides is 1. The van der Waals surface area contributed by atoms with E-state index < -0.39 is 0 Å². The van der Waals surface area contributed by atoms with Gasteiger partial charge in [0.25, 0.3) is 0 Å². The molecule has 0 unspecified atom stereocenters. The summed E-state index contributed by atoms with van der Waals surface area (Å²) in [6, 6.07) is 10.3. The largest absolute Gasteiger partial charge is 0.365 e. The zero-order valence-electron chi connectivity index (χ0n) is 12.2. The number of ether oxygens (including phenoxy) is 1. The summed E-state index contributed by atoms with van der Waals surface area (Å²) in [7, 11) is 0. The van der Waals surface area contributed by atoms with Gasteiger partial charge in [-0.1, -0.05) is 30.3 Å². The third-order valence-corrected chi connectivity index (χ3v) is 4.29. The minimum absolute atomic E-state index is 0.0172. The molecular weight excluding hydrogens is 280 g/mol. The lowest BCUT2D eigenvalue weighted by molar-refractivity contribution is -0.134. The Kier molecular flexibility index (Phi) is 3.40. The normalized spacial score (nSPS) is 25.0. The molecule has 2 N–H and O–H groups in total. The van der Waals surface area contributed by atoms with Crippen molar-refractivity contribution in [3.05, 3.63) is 42.1 Å². The molecule has 2 saturated heterocycles. The first-order chi connectivity index (χ1) is 10.8. The SMILES string of the molecule is O=C1CO[C@H]2CN(Cc3cn[nH]c3-c3ccccc3)C[C@@H]2N1. The number of nitrogens with zero attached hydrogens (tertiary/aromatic N) is 2. The Hall–Kier alpha value is -2.18. The molecule has 2 aliphatic rings. The number of fused-ring (bicyclic) bond motifs is 1. The Morgan fingerprint density at radius 1 is 1.27 bits per heavy atom. The van der Waals surface area contributed by atoms with E-state index in [1.165, 1.54) is 0 Å². The number of morpholine rings is 1. The van der Waals surface area contributed by atoms with Crippen LogP contribution in [0.3, 0.4) is 0 Å². The maximum atomic E-state index is 11.4. The number of benzene rings is 1. The van der Waals surface area contributed by atoms with E-state index in [-0.39, 0.29) is 24.7 Å². The summed E-state index contributed by atoms with van der Waals surface area (Å²) >= 11 is 0. The molecule has 0 radical (unpaired) electrons. The van der Waals surface area contributed by atoms with Crippen molar-refractivity contribution in [2.75, 3.05) is 19.7 Å². The Morgan fingerprint density at radius 2 is 2.14 bits per heavy atom. The quantitative estimate of drug-likeness (QED) is 0.878. The van der Waals surface area contributed by atoms with Gasteiger partial charge in [0.05, 0.1) is 24.0 Å². The number of nitrogens with one attached hydrogen (secondary N) is 2. The molecule has 6 heteroatoms. The molecule has 22 heavy (non-hydrogen) atoms. The van der Waals surface area contributed by atoms with E-state index in [4.69, 9.17) is 4.74 Å². The summed E-state index contributed by atoms with van der Waals surface area (Å²) in [5.74, 6) is -0.0172. The van der Waals surface area contributed by atoms with Crippen LogP contribution in [0.5, 0.6) is 0 Å². The molecule has 114 valence electrons. The van der Waals surface area contributed by atoms with Gasteiger partial charge in [-0.25, -0.2) is 0 Å². The first-order valence-corrected chi connectivity index (χ1v) is 7.50. The van der Waals surface area contributed by atoms with Gasteiger partial charge in [0.15, 0.2) is 0 Å². The van der Waals surface area contributed by atoms with Crippen molar-refractivity contribution in [2.45, 2.75) is 18.7 Å². The highest BCUT2D eigenvalue weighted by atomic mass is 16.5. The van der Waals surface area contributed by atoms with Crippen molar-refractivity contribution in [1.82, 2.24) is 20.4 Å². The Balaban J connectivity index is 1.49. The van der Waals surface area contributed by atoms with Gasteiger partial charge in [-0.2, -0.15) is 5.10 Å². The molecule has 0 aliphatic carbocycles. The zero-order chi connectivity index (χ0) is 14.9. The van der Waals surface area contributed by atoms with Crippen LogP contribution in [0.2, 0.25) is 0 Å². The van der Waals surface area contributed by atoms with Crippen LogP contribution < -0.4 is 5.32 Å². The summed E-state index contributed by atoms with van der Waals surface area (Å²) in [5, 5.41) is 10.3. The summed E-state index contributed by atoms with van der Waals surface area (Å²) in [6.45, 7) is 2.63. The first-order valence-electron chi connectivity index (χ1n) is 7.50. The van der Waals surface area contributed by atoms with Gasteiger partial charge in [-0.05, 0) is 5.56 Å². The van der Waals surface area contributed by atoms with Crippen molar-refractivity contribution in [3.8, 4) is 11.3 Å². The number of rotatable bonds is 3. The van der Waals surface area contributed by atoms with Gasteiger partial charge in [0, 0.05) is 25.2 Å². The summed E-state index contributed by atoms with van der Waals surface area (Å²) in [5.41, 5.74) is 3.35. The zero-order valence-corrected chi connectivity index (χ0v) is 12.2. The van der Waals surface area contributed by atoms with Gasteiger partial charge in [-0.3, -0.25) is 14.8 Å². The van der Waals surface area contributed by atoms with E-state index >= 15 is 0 Å². The third-order valence-electron chi connectivity index (χ3n) is 4.29. The molecular formula is C16H18N4O2. The van der Waals surface area contributed by atoms with Gasteiger partial charge in [0.2, 0.25) is 5.91 Å². The maximum Gasteiger partial charge on any atom is 0.246 e. The smallest absolute Gasteiger partial charge is 0.246 e. The number of likely N-dealkylation sites (tertiary alicyclic amines) is 1. The molecule has 4 rings (SSSR count). The van der Waals surface area contributed by atoms with Crippen molar-refractivity contribution in [2.24, 2.45) is 0 Å². The number of hydrogen-bond donors (Lipinski definition) is 2. The second-order valence-corrected chi connectivity index (χ2v) is 5.85. The average molecular weight is 298 g/mol. The number of aromatic nitrogens is 2. The van der Waals surface area contributed by atoms with E-state index in [1.807, 2.05) is 24.4 Å². The van der Waals surface area contributed by atoms with Gasteiger partial charge in [-0.15, -0.1) is 0 Å². The predicted molar refractivity (Wildman–Crippen MR) is 81.0 cm³/mol. The molecule has 2 aromatic rings. The van der Waals surface area contributed by atoms with E-state index in [2.05, 4.69) is 32.5 Å². The lowest BCUT2D eigenvalue weighted by Gasteiger charge is -2.25. The second kappa shape index (κ2) is 5.55. The molecule has 0 spiro atoms. The van der Waals surface area contributed by atoms with Gasteiger partial charge >= 0.3 is 0 Å². The number of H-pyrrole nitrogens is 1.